The quantitative estimate of drug-likeness (QED) is 0.583. The first-order valence-corrected chi connectivity index (χ1v) is 7.60. The van der Waals surface area contributed by atoms with Gasteiger partial charge in [0.2, 0.25) is 5.91 Å². The van der Waals surface area contributed by atoms with Gasteiger partial charge in [0.15, 0.2) is 5.13 Å². The Kier molecular flexibility index (Phi) is 5.24. The lowest BCUT2D eigenvalue weighted by Gasteiger charge is -2.19. The van der Waals surface area contributed by atoms with Crippen LogP contribution in [0.2, 0.25) is 0 Å². The van der Waals surface area contributed by atoms with Gasteiger partial charge in [0.25, 0.3) is 5.91 Å². The van der Waals surface area contributed by atoms with Crippen molar-refractivity contribution in [3.8, 4) is 0 Å². The van der Waals surface area contributed by atoms with E-state index in [0.717, 1.165) is 16.9 Å². The van der Waals surface area contributed by atoms with Crippen molar-refractivity contribution < 1.29 is 14.8 Å². The molecule has 116 valence electrons. The third kappa shape index (κ3) is 3.69. The summed E-state index contributed by atoms with van der Waals surface area (Å²) < 4.78 is 0. The zero-order valence-corrected chi connectivity index (χ0v) is 13.1. The SMILES string of the molecule is CC(C)C(C(=O)Nc1ncc(C(=O)NO)s1)c1ccccc1. The minimum atomic E-state index is -0.651. The van der Waals surface area contributed by atoms with E-state index in [1.807, 2.05) is 44.2 Å². The number of carbonyl (C=O) groups excluding carboxylic acids is 2. The molecular weight excluding hydrogens is 302 g/mol. The third-order valence-corrected chi connectivity index (χ3v) is 4.08. The van der Waals surface area contributed by atoms with Crippen molar-refractivity contribution in [2.45, 2.75) is 19.8 Å². The van der Waals surface area contributed by atoms with Crippen LogP contribution in [0.5, 0.6) is 0 Å². The monoisotopic (exact) mass is 319 g/mol. The molecule has 7 heteroatoms. The second-order valence-electron chi connectivity index (χ2n) is 5.09. The number of hydrogen-bond donors (Lipinski definition) is 3. The Bertz CT molecular complexity index is 655. The molecule has 3 N–H and O–H groups in total. The van der Waals surface area contributed by atoms with Gasteiger partial charge in [0, 0.05) is 0 Å². The maximum Gasteiger partial charge on any atom is 0.286 e. The van der Waals surface area contributed by atoms with Crippen molar-refractivity contribution in [2.75, 3.05) is 5.32 Å². The molecule has 0 bridgehead atoms. The average Bonchev–Trinajstić information content (AvgIpc) is 2.95. The van der Waals surface area contributed by atoms with E-state index in [1.165, 1.54) is 11.7 Å². The van der Waals surface area contributed by atoms with Crippen molar-refractivity contribution in [1.82, 2.24) is 10.5 Å². The van der Waals surface area contributed by atoms with Crippen LogP contribution in [-0.2, 0) is 4.79 Å². The van der Waals surface area contributed by atoms with Gasteiger partial charge in [-0.3, -0.25) is 14.8 Å². The highest BCUT2D eigenvalue weighted by Crippen LogP contribution is 2.27. The van der Waals surface area contributed by atoms with Crippen LogP contribution in [0.1, 0.15) is 35.0 Å². The van der Waals surface area contributed by atoms with Crippen molar-refractivity contribution in [1.29, 1.82) is 0 Å². The molecule has 22 heavy (non-hydrogen) atoms. The van der Waals surface area contributed by atoms with Gasteiger partial charge in [-0.25, -0.2) is 10.5 Å². The minimum absolute atomic E-state index is 0.113. The number of anilines is 1. The van der Waals surface area contributed by atoms with E-state index >= 15 is 0 Å². The molecule has 0 aliphatic heterocycles. The number of rotatable bonds is 5. The Balaban J connectivity index is 2.15. The lowest BCUT2D eigenvalue weighted by Crippen LogP contribution is -2.25. The van der Waals surface area contributed by atoms with E-state index in [0.29, 0.717) is 5.13 Å². The fraction of sp³-hybridized carbons (Fsp3) is 0.267. The number of thiazole rings is 1. The van der Waals surface area contributed by atoms with E-state index in [-0.39, 0.29) is 22.6 Å². The summed E-state index contributed by atoms with van der Waals surface area (Å²) in [6.07, 6.45) is 1.30. The number of benzene rings is 1. The molecule has 1 aromatic carbocycles. The fourth-order valence-electron chi connectivity index (χ4n) is 2.17. The number of amides is 2. The minimum Gasteiger partial charge on any atom is -0.301 e. The summed E-state index contributed by atoms with van der Waals surface area (Å²) in [5.74, 6) is -1.02. The maximum atomic E-state index is 12.5. The van der Waals surface area contributed by atoms with Crippen LogP contribution >= 0.6 is 11.3 Å². The Morgan fingerprint density at radius 3 is 2.50 bits per heavy atom. The zero-order valence-electron chi connectivity index (χ0n) is 12.2. The van der Waals surface area contributed by atoms with Gasteiger partial charge in [0.05, 0.1) is 12.1 Å². The Morgan fingerprint density at radius 1 is 1.23 bits per heavy atom. The molecule has 1 aromatic heterocycles. The molecule has 0 saturated heterocycles. The number of carbonyl (C=O) groups is 2. The summed E-state index contributed by atoms with van der Waals surface area (Å²) in [6.45, 7) is 3.95. The van der Waals surface area contributed by atoms with Gasteiger partial charge in [-0.2, -0.15) is 0 Å². The van der Waals surface area contributed by atoms with Gasteiger partial charge in [-0.15, -0.1) is 0 Å². The normalized spacial score (nSPS) is 12.0. The fourth-order valence-corrected chi connectivity index (χ4v) is 2.88. The molecule has 0 saturated carbocycles. The van der Waals surface area contributed by atoms with Crippen LogP contribution in [0, 0.1) is 5.92 Å². The predicted octanol–water partition coefficient (Wildman–Crippen LogP) is 2.64. The average molecular weight is 319 g/mol. The highest BCUT2D eigenvalue weighted by molar-refractivity contribution is 7.17. The van der Waals surface area contributed by atoms with Crippen molar-refractivity contribution in [2.24, 2.45) is 5.92 Å². The van der Waals surface area contributed by atoms with E-state index in [4.69, 9.17) is 5.21 Å². The number of nitrogens with zero attached hydrogens (tertiary/aromatic N) is 1. The smallest absolute Gasteiger partial charge is 0.286 e. The van der Waals surface area contributed by atoms with Crippen molar-refractivity contribution >= 4 is 28.3 Å². The largest absolute Gasteiger partial charge is 0.301 e. The lowest BCUT2D eigenvalue weighted by atomic mass is 9.88. The van der Waals surface area contributed by atoms with Gasteiger partial charge < -0.3 is 5.32 Å². The summed E-state index contributed by atoms with van der Waals surface area (Å²) in [5, 5.41) is 11.6. The molecule has 2 aromatic rings. The zero-order chi connectivity index (χ0) is 16.1. The Labute approximate surface area is 132 Å². The first-order chi connectivity index (χ1) is 10.5. The standard InChI is InChI=1S/C15H17N3O3S/c1-9(2)12(10-6-4-3-5-7-10)14(20)17-15-16-8-11(22-15)13(19)18-21/h3-9,12,21H,1-2H3,(H,18,19)(H,16,17,20). The lowest BCUT2D eigenvalue weighted by molar-refractivity contribution is -0.118. The third-order valence-electron chi connectivity index (χ3n) is 3.17. The topological polar surface area (TPSA) is 91.3 Å². The van der Waals surface area contributed by atoms with Crippen LogP contribution in [0.4, 0.5) is 5.13 Å². The number of aromatic nitrogens is 1. The van der Waals surface area contributed by atoms with Crippen LogP contribution < -0.4 is 10.8 Å². The Morgan fingerprint density at radius 2 is 1.91 bits per heavy atom. The van der Waals surface area contributed by atoms with Gasteiger partial charge in [-0.05, 0) is 11.5 Å². The summed E-state index contributed by atoms with van der Waals surface area (Å²) in [7, 11) is 0. The van der Waals surface area contributed by atoms with Crippen LogP contribution in [-0.4, -0.2) is 22.0 Å². The van der Waals surface area contributed by atoms with Crippen LogP contribution in [0.3, 0.4) is 0 Å². The molecule has 0 spiro atoms. The number of hydrogen-bond acceptors (Lipinski definition) is 5. The molecule has 0 radical (unpaired) electrons. The first kappa shape index (κ1) is 16.1. The van der Waals surface area contributed by atoms with E-state index in [9.17, 15) is 9.59 Å². The predicted molar refractivity (Wildman–Crippen MR) is 84.0 cm³/mol. The molecular formula is C15H17N3O3S. The van der Waals surface area contributed by atoms with Gasteiger partial charge in [0.1, 0.15) is 4.88 Å². The highest BCUT2D eigenvalue weighted by atomic mass is 32.1. The maximum absolute atomic E-state index is 12.5. The van der Waals surface area contributed by atoms with Gasteiger partial charge >= 0.3 is 0 Å². The van der Waals surface area contributed by atoms with E-state index in [1.54, 1.807) is 0 Å². The molecule has 1 unspecified atom stereocenters. The van der Waals surface area contributed by atoms with E-state index in [2.05, 4.69) is 10.3 Å². The molecule has 0 aliphatic rings. The first-order valence-electron chi connectivity index (χ1n) is 6.79. The highest BCUT2D eigenvalue weighted by Gasteiger charge is 2.25. The number of nitrogens with one attached hydrogen (secondary N) is 2. The summed E-state index contributed by atoms with van der Waals surface area (Å²) in [4.78, 5) is 28.0. The Hall–Kier alpha value is -2.25. The molecule has 0 fully saturated rings. The molecule has 6 nitrogen and oxygen atoms in total. The van der Waals surface area contributed by atoms with Crippen LogP contribution in [0.25, 0.3) is 0 Å². The second kappa shape index (κ2) is 7.15. The van der Waals surface area contributed by atoms with Crippen molar-refractivity contribution in [3.63, 3.8) is 0 Å². The van der Waals surface area contributed by atoms with E-state index < -0.39 is 5.91 Å². The molecule has 0 aliphatic carbocycles. The molecule has 1 heterocycles. The molecule has 2 amide bonds. The molecule has 2 rings (SSSR count). The summed E-state index contributed by atoms with van der Waals surface area (Å²) >= 11 is 1.00. The summed E-state index contributed by atoms with van der Waals surface area (Å²) in [6, 6.07) is 9.52. The van der Waals surface area contributed by atoms with Gasteiger partial charge in [-0.1, -0.05) is 55.5 Å². The molecule has 1 atom stereocenters. The van der Waals surface area contributed by atoms with Crippen LogP contribution in [0.15, 0.2) is 36.5 Å². The second-order valence-corrected chi connectivity index (χ2v) is 6.12. The number of hydroxylamine groups is 1. The van der Waals surface area contributed by atoms with Crippen molar-refractivity contribution in [3.05, 3.63) is 47.0 Å². The summed E-state index contributed by atoms with van der Waals surface area (Å²) in [5.41, 5.74) is 2.46.